The molecule has 0 aliphatic carbocycles. The molecule has 0 fully saturated rings. The smallest absolute Gasteiger partial charge is 0.290 e. The molecule has 1 aromatic heterocycles. The van der Waals surface area contributed by atoms with Gasteiger partial charge in [0.2, 0.25) is 5.76 Å². The molecule has 4 rings (SSSR count). The zero-order valence-corrected chi connectivity index (χ0v) is 17.7. The van der Waals surface area contributed by atoms with E-state index in [0.717, 1.165) is 12.8 Å². The first-order valence-corrected chi connectivity index (χ1v) is 10.2. The number of halogens is 1. The maximum atomic E-state index is 13.3. The fourth-order valence-electron chi connectivity index (χ4n) is 3.78. The van der Waals surface area contributed by atoms with Gasteiger partial charge in [0.15, 0.2) is 16.9 Å². The summed E-state index contributed by atoms with van der Waals surface area (Å²) in [6, 6.07) is 9.67. The number of benzene rings is 2. The van der Waals surface area contributed by atoms with Crippen molar-refractivity contribution in [3.8, 4) is 11.5 Å². The van der Waals surface area contributed by atoms with Crippen molar-refractivity contribution in [1.29, 1.82) is 0 Å². The Hall–Kier alpha value is -2.80. The van der Waals surface area contributed by atoms with Crippen molar-refractivity contribution in [2.24, 2.45) is 0 Å². The first-order chi connectivity index (χ1) is 14.0. The molecule has 0 bridgehead atoms. The monoisotopic (exact) mass is 457 g/mol. The topological polar surface area (TPSA) is 80.0 Å². The van der Waals surface area contributed by atoms with Crippen LogP contribution in [0.1, 0.15) is 47.5 Å². The van der Waals surface area contributed by atoms with Gasteiger partial charge in [-0.3, -0.25) is 9.59 Å². The van der Waals surface area contributed by atoms with Crippen LogP contribution in [0.4, 0.5) is 0 Å². The number of hydrogen-bond donors (Lipinski definition) is 1. The van der Waals surface area contributed by atoms with E-state index in [-0.39, 0.29) is 28.6 Å². The standard InChI is InChI=1S/C22H20BrNO5/c1-3-4-9-24-18(12-10-14(23)20(26)16(11-12)28-2)17-19(25)13-7-5-6-8-15(13)29-21(17)22(24)27/h5-8,10-11,18,26H,3-4,9H2,1-2H3/t18-/m0/s1. The van der Waals surface area contributed by atoms with E-state index in [1.165, 1.54) is 7.11 Å². The number of nitrogens with zero attached hydrogens (tertiary/aromatic N) is 1. The third-order valence-electron chi connectivity index (χ3n) is 5.21. The minimum atomic E-state index is -0.615. The number of amides is 1. The molecule has 0 saturated carbocycles. The van der Waals surface area contributed by atoms with Crippen LogP contribution in [0.25, 0.3) is 11.0 Å². The predicted molar refractivity (Wildman–Crippen MR) is 113 cm³/mol. The van der Waals surface area contributed by atoms with E-state index in [9.17, 15) is 14.7 Å². The number of ether oxygens (including phenoxy) is 1. The van der Waals surface area contributed by atoms with Crippen molar-refractivity contribution in [2.75, 3.05) is 13.7 Å². The summed E-state index contributed by atoms with van der Waals surface area (Å²) in [5.74, 6) is 0.00442. The second-order valence-electron chi connectivity index (χ2n) is 6.98. The van der Waals surface area contributed by atoms with E-state index >= 15 is 0 Å². The zero-order chi connectivity index (χ0) is 20.7. The highest BCUT2D eigenvalue weighted by Gasteiger charge is 2.42. The Balaban J connectivity index is 1.99. The van der Waals surface area contributed by atoms with Crippen molar-refractivity contribution >= 4 is 32.8 Å². The van der Waals surface area contributed by atoms with E-state index in [1.54, 1.807) is 41.3 Å². The van der Waals surface area contributed by atoms with Crippen LogP contribution in [0, 0.1) is 0 Å². The number of unbranched alkanes of at least 4 members (excludes halogenated alkanes) is 1. The lowest BCUT2D eigenvalue weighted by atomic mass is 9.98. The lowest BCUT2D eigenvalue weighted by Crippen LogP contribution is -2.30. The van der Waals surface area contributed by atoms with Crippen LogP contribution < -0.4 is 10.2 Å². The van der Waals surface area contributed by atoms with Gasteiger partial charge in [0.05, 0.1) is 28.6 Å². The molecule has 6 nitrogen and oxygen atoms in total. The van der Waals surface area contributed by atoms with Gasteiger partial charge in [0.25, 0.3) is 5.91 Å². The Bertz CT molecular complexity index is 1170. The highest BCUT2D eigenvalue weighted by atomic mass is 79.9. The number of rotatable bonds is 5. The van der Waals surface area contributed by atoms with Crippen LogP contribution in [0.2, 0.25) is 0 Å². The molecule has 1 N–H and O–H groups in total. The summed E-state index contributed by atoms with van der Waals surface area (Å²) in [5.41, 5.74) is 1.16. The van der Waals surface area contributed by atoms with Crippen LogP contribution in [0.5, 0.6) is 11.5 Å². The van der Waals surface area contributed by atoms with Gasteiger partial charge in [0.1, 0.15) is 5.58 Å². The van der Waals surface area contributed by atoms with Gasteiger partial charge in [-0.05, 0) is 52.2 Å². The first-order valence-electron chi connectivity index (χ1n) is 9.41. The van der Waals surface area contributed by atoms with Crippen molar-refractivity contribution in [3.63, 3.8) is 0 Å². The van der Waals surface area contributed by atoms with Gasteiger partial charge in [-0.2, -0.15) is 0 Å². The summed E-state index contributed by atoms with van der Waals surface area (Å²) in [5, 5.41) is 10.6. The maximum Gasteiger partial charge on any atom is 0.290 e. The summed E-state index contributed by atoms with van der Waals surface area (Å²) in [4.78, 5) is 28.2. The quantitative estimate of drug-likeness (QED) is 0.604. The van der Waals surface area contributed by atoms with Crippen molar-refractivity contribution in [2.45, 2.75) is 25.8 Å². The molecule has 29 heavy (non-hydrogen) atoms. The van der Waals surface area contributed by atoms with Crippen LogP contribution >= 0.6 is 15.9 Å². The SMILES string of the molecule is CCCCN1C(=O)c2oc3ccccc3c(=O)c2[C@@H]1c1cc(Br)c(O)c(OC)c1. The molecule has 1 atom stereocenters. The second-order valence-corrected chi connectivity index (χ2v) is 7.83. The average Bonchev–Trinajstić information content (AvgIpc) is 3.00. The summed E-state index contributed by atoms with van der Waals surface area (Å²) >= 11 is 3.34. The fourth-order valence-corrected chi connectivity index (χ4v) is 4.24. The van der Waals surface area contributed by atoms with Crippen molar-refractivity contribution in [3.05, 3.63) is 68.0 Å². The van der Waals surface area contributed by atoms with Crippen LogP contribution in [-0.4, -0.2) is 29.6 Å². The van der Waals surface area contributed by atoms with Crippen molar-refractivity contribution < 1.29 is 19.1 Å². The van der Waals surface area contributed by atoms with Crippen LogP contribution in [0.3, 0.4) is 0 Å². The number of carbonyl (C=O) groups excluding carboxylic acids is 1. The molecule has 1 aliphatic rings. The molecular weight excluding hydrogens is 438 g/mol. The summed E-state index contributed by atoms with van der Waals surface area (Å²) < 4.78 is 11.6. The van der Waals surface area contributed by atoms with Gasteiger partial charge < -0.3 is 19.2 Å². The molecule has 1 aliphatic heterocycles. The van der Waals surface area contributed by atoms with Gasteiger partial charge in [-0.25, -0.2) is 0 Å². The average molecular weight is 458 g/mol. The number of methoxy groups -OCH3 is 1. The fraction of sp³-hybridized carbons (Fsp3) is 0.273. The summed E-state index contributed by atoms with van der Waals surface area (Å²) in [6.07, 6.45) is 1.69. The molecule has 0 spiro atoms. The number of phenols is 1. The molecule has 7 heteroatoms. The van der Waals surface area contributed by atoms with E-state index in [0.29, 0.717) is 33.1 Å². The molecule has 0 unspecified atom stereocenters. The van der Waals surface area contributed by atoms with E-state index in [1.807, 2.05) is 6.92 Å². The molecule has 0 radical (unpaired) electrons. The van der Waals surface area contributed by atoms with E-state index in [4.69, 9.17) is 9.15 Å². The number of aromatic hydroxyl groups is 1. The minimum absolute atomic E-state index is 0.0357. The number of hydrogen-bond acceptors (Lipinski definition) is 5. The summed E-state index contributed by atoms with van der Waals surface area (Å²) in [6.45, 7) is 2.53. The lowest BCUT2D eigenvalue weighted by molar-refractivity contribution is 0.0725. The van der Waals surface area contributed by atoms with Crippen molar-refractivity contribution in [1.82, 2.24) is 4.90 Å². The molecule has 150 valence electrons. The second kappa shape index (κ2) is 7.55. The molecule has 3 aromatic rings. The Kier molecular flexibility index (Phi) is 5.08. The molecule has 0 saturated heterocycles. The van der Waals surface area contributed by atoms with Crippen LogP contribution in [-0.2, 0) is 0 Å². The lowest BCUT2D eigenvalue weighted by Gasteiger charge is -2.25. The van der Waals surface area contributed by atoms with Crippen LogP contribution in [0.15, 0.2) is 50.1 Å². The normalized spacial score (nSPS) is 15.8. The predicted octanol–water partition coefficient (Wildman–Crippen LogP) is 4.62. The van der Waals surface area contributed by atoms with E-state index < -0.39 is 6.04 Å². The highest BCUT2D eigenvalue weighted by molar-refractivity contribution is 9.10. The third-order valence-corrected chi connectivity index (χ3v) is 5.82. The third kappa shape index (κ3) is 3.09. The van der Waals surface area contributed by atoms with E-state index in [2.05, 4.69) is 15.9 Å². The largest absolute Gasteiger partial charge is 0.503 e. The molecule has 1 amide bonds. The van der Waals surface area contributed by atoms with Gasteiger partial charge in [-0.1, -0.05) is 25.5 Å². The first kappa shape index (κ1) is 19.5. The number of phenolic OH excluding ortho intramolecular Hbond substituents is 1. The number of para-hydroxylation sites is 1. The molecular formula is C22H20BrNO5. The Morgan fingerprint density at radius 1 is 1.24 bits per heavy atom. The molecule has 2 aromatic carbocycles. The Labute approximate surface area is 175 Å². The van der Waals surface area contributed by atoms with Gasteiger partial charge in [0, 0.05) is 6.54 Å². The molecule has 2 heterocycles. The zero-order valence-electron chi connectivity index (χ0n) is 16.1. The van der Waals surface area contributed by atoms with Gasteiger partial charge >= 0.3 is 0 Å². The minimum Gasteiger partial charge on any atom is -0.503 e. The summed E-state index contributed by atoms with van der Waals surface area (Å²) in [7, 11) is 1.45. The van der Waals surface area contributed by atoms with Gasteiger partial charge in [-0.15, -0.1) is 0 Å². The number of carbonyl (C=O) groups is 1. The highest BCUT2D eigenvalue weighted by Crippen LogP contribution is 2.43. The Morgan fingerprint density at radius 2 is 2.00 bits per heavy atom. The maximum absolute atomic E-state index is 13.3. The Morgan fingerprint density at radius 3 is 2.72 bits per heavy atom. The number of fused-ring (bicyclic) bond motifs is 2.